The van der Waals surface area contributed by atoms with Gasteiger partial charge < -0.3 is 15.1 Å². The lowest BCUT2D eigenvalue weighted by Gasteiger charge is -2.23. The van der Waals surface area contributed by atoms with Gasteiger partial charge in [0.25, 0.3) is 0 Å². The maximum atomic E-state index is 13.5. The van der Waals surface area contributed by atoms with Gasteiger partial charge in [0.1, 0.15) is 5.82 Å². The number of aliphatic imine (C=N–C) groups is 1. The Morgan fingerprint density at radius 2 is 1.97 bits per heavy atom. The van der Waals surface area contributed by atoms with Gasteiger partial charge >= 0.3 is 0 Å². The number of carbonyl (C=O) groups excluding carboxylic acids is 1. The fourth-order valence-electron chi connectivity index (χ4n) is 3.56. The second kappa shape index (κ2) is 11.9. The SMILES string of the molecule is CCNC(=NCc1ccccc1CN1CCCC1=O)N(C)Cc1cccc(F)c1.I. The summed E-state index contributed by atoms with van der Waals surface area (Å²) in [5, 5.41) is 3.30. The van der Waals surface area contributed by atoms with Gasteiger partial charge in [-0.15, -0.1) is 24.0 Å². The Balaban J connectivity index is 0.00000320. The molecular weight excluding hydrogens is 494 g/mol. The minimum Gasteiger partial charge on any atom is -0.357 e. The van der Waals surface area contributed by atoms with Crippen molar-refractivity contribution in [3.63, 3.8) is 0 Å². The third-order valence-electron chi connectivity index (χ3n) is 5.06. The lowest BCUT2D eigenvalue weighted by molar-refractivity contribution is -0.128. The van der Waals surface area contributed by atoms with Crippen LogP contribution in [0, 0.1) is 5.82 Å². The molecule has 1 fully saturated rings. The molecule has 1 aliphatic rings. The topological polar surface area (TPSA) is 47.9 Å². The molecular formula is C23H30FIN4O. The van der Waals surface area contributed by atoms with Crippen molar-refractivity contribution in [2.45, 2.75) is 39.4 Å². The largest absolute Gasteiger partial charge is 0.357 e. The van der Waals surface area contributed by atoms with Gasteiger partial charge in [0, 0.05) is 39.6 Å². The quantitative estimate of drug-likeness (QED) is 0.336. The van der Waals surface area contributed by atoms with Gasteiger partial charge in [0.15, 0.2) is 5.96 Å². The van der Waals surface area contributed by atoms with E-state index in [9.17, 15) is 9.18 Å². The number of nitrogens with zero attached hydrogens (tertiary/aromatic N) is 3. The van der Waals surface area contributed by atoms with Crippen molar-refractivity contribution in [2.75, 3.05) is 20.1 Å². The van der Waals surface area contributed by atoms with E-state index in [1.54, 1.807) is 12.1 Å². The smallest absolute Gasteiger partial charge is 0.222 e. The average Bonchev–Trinajstić information content (AvgIpc) is 3.10. The Hall–Kier alpha value is -2.16. The minimum absolute atomic E-state index is 0. The first-order valence-electron chi connectivity index (χ1n) is 10.1. The van der Waals surface area contributed by atoms with Crippen LogP contribution in [0.5, 0.6) is 0 Å². The van der Waals surface area contributed by atoms with Crippen LogP contribution in [0.15, 0.2) is 53.5 Å². The van der Waals surface area contributed by atoms with Crippen LogP contribution in [-0.2, 0) is 24.4 Å². The number of nitrogens with one attached hydrogen (secondary N) is 1. The summed E-state index contributed by atoms with van der Waals surface area (Å²) >= 11 is 0. The molecule has 2 aromatic rings. The van der Waals surface area contributed by atoms with Crippen molar-refractivity contribution in [1.82, 2.24) is 15.1 Å². The van der Waals surface area contributed by atoms with Gasteiger partial charge in [-0.25, -0.2) is 9.38 Å². The molecule has 1 N–H and O–H groups in total. The lowest BCUT2D eigenvalue weighted by Crippen LogP contribution is -2.38. The maximum Gasteiger partial charge on any atom is 0.222 e. The lowest BCUT2D eigenvalue weighted by atomic mass is 10.1. The van der Waals surface area contributed by atoms with Crippen molar-refractivity contribution >= 4 is 35.8 Å². The van der Waals surface area contributed by atoms with Crippen molar-refractivity contribution < 1.29 is 9.18 Å². The third kappa shape index (κ3) is 6.68. The van der Waals surface area contributed by atoms with Gasteiger partial charge in [-0.05, 0) is 42.2 Å². The number of benzene rings is 2. The minimum atomic E-state index is -0.233. The number of rotatable bonds is 7. The first kappa shape index (κ1) is 24.1. The van der Waals surface area contributed by atoms with Crippen molar-refractivity contribution in [3.05, 3.63) is 71.0 Å². The second-order valence-corrected chi connectivity index (χ2v) is 7.34. The third-order valence-corrected chi connectivity index (χ3v) is 5.06. The summed E-state index contributed by atoms with van der Waals surface area (Å²) in [6.07, 6.45) is 1.59. The molecule has 30 heavy (non-hydrogen) atoms. The summed E-state index contributed by atoms with van der Waals surface area (Å²) < 4.78 is 13.5. The molecule has 0 radical (unpaired) electrons. The number of carbonyl (C=O) groups is 1. The molecule has 0 aliphatic carbocycles. The molecule has 0 saturated carbocycles. The highest BCUT2D eigenvalue weighted by atomic mass is 127. The Kier molecular flexibility index (Phi) is 9.55. The van der Waals surface area contributed by atoms with Crippen molar-refractivity contribution in [1.29, 1.82) is 0 Å². The summed E-state index contributed by atoms with van der Waals surface area (Å²) in [7, 11) is 1.95. The first-order valence-corrected chi connectivity index (χ1v) is 10.1. The molecule has 0 aromatic heterocycles. The molecule has 1 saturated heterocycles. The summed E-state index contributed by atoms with van der Waals surface area (Å²) in [4.78, 5) is 20.7. The van der Waals surface area contributed by atoms with Crippen LogP contribution in [0.3, 0.4) is 0 Å². The number of likely N-dealkylation sites (tertiary alicyclic amines) is 1. The van der Waals surface area contributed by atoms with Crippen molar-refractivity contribution in [3.8, 4) is 0 Å². The van der Waals surface area contributed by atoms with E-state index in [1.807, 2.05) is 42.0 Å². The van der Waals surface area contributed by atoms with Crippen LogP contribution in [0.1, 0.15) is 36.5 Å². The monoisotopic (exact) mass is 524 g/mol. The number of hydrogen-bond donors (Lipinski definition) is 1. The predicted octanol–water partition coefficient (Wildman–Crippen LogP) is 4.16. The Morgan fingerprint density at radius 3 is 2.63 bits per heavy atom. The molecule has 0 atom stereocenters. The zero-order valence-electron chi connectivity index (χ0n) is 17.6. The number of amides is 1. The van der Waals surface area contributed by atoms with E-state index in [1.165, 1.54) is 6.07 Å². The van der Waals surface area contributed by atoms with E-state index < -0.39 is 0 Å². The molecule has 3 rings (SSSR count). The molecule has 2 aromatic carbocycles. The Morgan fingerprint density at radius 1 is 1.20 bits per heavy atom. The van der Waals surface area contributed by atoms with Crippen LogP contribution in [-0.4, -0.2) is 41.8 Å². The summed E-state index contributed by atoms with van der Waals surface area (Å²) in [6, 6.07) is 14.8. The Labute approximate surface area is 195 Å². The van der Waals surface area contributed by atoms with Crippen LogP contribution >= 0.6 is 24.0 Å². The highest BCUT2D eigenvalue weighted by molar-refractivity contribution is 14.0. The van der Waals surface area contributed by atoms with Crippen LogP contribution in [0.25, 0.3) is 0 Å². The summed E-state index contributed by atoms with van der Waals surface area (Å²) in [5.41, 5.74) is 3.14. The normalized spacial score (nSPS) is 13.9. The molecule has 1 aliphatic heterocycles. The molecule has 1 heterocycles. The molecule has 7 heteroatoms. The fourth-order valence-corrected chi connectivity index (χ4v) is 3.56. The fraction of sp³-hybridized carbons (Fsp3) is 0.391. The van der Waals surface area contributed by atoms with Crippen molar-refractivity contribution in [2.24, 2.45) is 4.99 Å². The summed E-state index contributed by atoms with van der Waals surface area (Å²) in [6.45, 7) is 5.33. The zero-order valence-corrected chi connectivity index (χ0v) is 19.9. The molecule has 1 amide bonds. The molecule has 0 unspecified atom stereocenters. The predicted molar refractivity (Wildman–Crippen MR) is 129 cm³/mol. The number of halogens is 2. The van der Waals surface area contributed by atoms with Gasteiger partial charge in [0.2, 0.25) is 5.91 Å². The maximum absolute atomic E-state index is 13.5. The van der Waals surface area contributed by atoms with E-state index in [4.69, 9.17) is 4.99 Å². The van der Waals surface area contributed by atoms with Gasteiger partial charge in [-0.3, -0.25) is 4.79 Å². The highest BCUT2D eigenvalue weighted by Gasteiger charge is 2.20. The van der Waals surface area contributed by atoms with E-state index in [0.717, 1.165) is 42.2 Å². The van der Waals surface area contributed by atoms with Crippen LogP contribution in [0.4, 0.5) is 4.39 Å². The van der Waals surface area contributed by atoms with E-state index in [2.05, 4.69) is 17.4 Å². The Bertz CT molecular complexity index is 874. The van der Waals surface area contributed by atoms with Gasteiger partial charge in [-0.2, -0.15) is 0 Å². The van der Waals surface area contributed by atoms with Gasteiger partial charge in [-0.1, -0.05) is 36.4 Å². The molecule has 0 bridgehead atoms. The molecule has 5 nitrogen and oxygen atoms in total. The standard InChI is InChI=1S/C23H29FN4O.HI/c1-3-25-23(27(2)16-18-8-6-11-21(24)14-18)26-15-19-9-4-5-10-20(19)17-28-13-7-12-22(28)29;/h4-6,8-11,14H,3,7,12-13,15-17H2,1-2H3,(H,25,26);1H. The van der Waals surface area contributed by atoms with Crippen LogP contribution in [0.2, 0.25) is 0 Å². The summed E-state index contributed by atoms with van der Waals surface area (Å²) in [5.74, 6) is 0.763. The molecule has 162 valence electrons. The van der Waals surface area contributed by atoms with Gasteiger partial charge in [0.05, 0.1) is 6.54 Å². The second-order valence-electron chi connectivity index (χ2n) is 7.34. The van der Waals surface area contributed by atoms with E-state index in [0.29, 0.717) is 26.1 Å². The van der Waals surface area contributed by atoms with E-state index in [-0.39, 0.29) is 35.7 Å². The highest BCUT2D eigenvalue weighted by Crippen LogP contribution is 2.18. The average molecular weight is 524 g/mol. The van der Waals surface area contributed by atoms with E-state index >= 15 is 0 Å². The number of hydrogen-bond acceptors (Lipinski definition) is 2. The first-order chi connectivity index (χ1) is 14.1. The zero-order chi connectivity index (χ0) is 20.6. The number of guanidine groups is 1. The molecule has 0 spiro atoms. The van der Waals surface area contributed by atoms with Crippen LogP contribution < -0.4 is 5.32 Å².